The Morgan fingerprint density at radius 2 is 1.97 bits per heavy atom. The predicted molar refractivity (Wildman–Crippen MR) is 135 cm³/mol. The van der Waals surface area contributed by atoms with Crippen molar-refractivity contribution in [3.05, 3.63) is 41.5 Å². The van der Waals surface area contributed by atoms with Crippen LogP contribution in [0, 0.1) is 12.8 Å². The van der Waals surface area contributed by atoms with Crippen molar-refractivity contribution in [2.75, 3.05) is 31.1 Å². The third-order valence-electron chi connectivity index (χ3n) is 7.82. The van der Waals surface area contributed by atoms with E-state index >= 15 is 0 Å². The molecule has 0 aliphatic carbocycles. The van der Waals surface area contributed by atoms with Gasteiger partial charge in [-0.05, 0) is 76.2 Å². The summed E-state index contributed by atoms with van der Waals surface area (Å²) in [5.41, 5.74) is 4.98. The lowest BCUT2D eigenvalue weighted by Gasteiger charge is -2.33. The summed E-state index contributed by atoms with van der Waals surface area (Å²) >= 11 is 0. The lowest BCUT2D eigenvalue weighted by molar-refractivity contribution is 0.129. The van der Waals surface area contributed by atoms with Gasteiger partial charge in [-0.25, -0.2) is 9.78 Å². The molecule has 1 saturated heterocycles. The zero-order valence-corrected chi connectivity index (χ0v) is 20.7. The van der Waals surface area contributed by atoms with Crippen molar-refractivity contribution in [1.29, 1.82) is 0 Å². The van der Waals surface area contributed by atoms with Crippen LogP contribution in [0.2, 0.25) is 0 Å². The number of likely N-dealkylation sites (tertiary alicyclic amines) is 1. The number of fused-ring (bicyclic) bond motifs is 3. The number of hydrogen-bond acceptors (Lipinski definition) is 5. The van der Waals surface area contributed by atoms with Crippen LogP contribution >= 0.6 is 0 Å². The molecule has 35 heavy (non-hydrogen) atoms. The molecule has 2 N–H and O–H groups in total. The largest absolute Gasteiger partial charge is 0.465 e. The number of anilines is 1. The van der Waals surface area contributed by atoms with Crippen LogP contribution in [-0.4, -0.2) is 72.8 Å². The van der Waals surface area contributed by atoms with Crippen LogP contribution in [-0.2, 0) is 25.9 Å². The smallest absolute Gasteiger partial charge is 0.412 e. The number of aromatic nitrogens is 4. The maximum Gasteiger partial charge on any atom is 0.412 e. The van der Waals surface area contributed by atoms with Crippen molar-refractivity contribution in [3.8, 4) is 0 Å². The van der Waals surface area contributed by atoms with Gasteiger partial charge in [0.2, 0.25) is 0 Å². The van der Waals surface area contributed by atoms with E-state index in [9.17, 15) is 15.0 Å². The number of hydrogen-bond donors (Lipinski definition) is 2. The van der Waals surface area contributed by atoms with Gasteiger partial charge in [-0.3, -0.25) is 9.58 Å². The summed E-state index contributed by atoms with van der Waals surface area (Å²) in [6.07, 6.45) is 7.34. The fourth-order valence-electron chi connectivity index (χ4n) is 5.78. The average molecular weight is 481 g/mol. The molecule has 1 unspecified atom stereocenters. The van der Waals surface area contributed by atoms with Gasteiger partial charge in [-0.15, -0.1) is 0 Å². The lowest BCUT2D eigenvalue weighted by atomic mass is 9.94. The van der Waals surface area contributed by atoms with Crippen molar-refractivity contribution in [1.82, 2.24) is 24.2 Å². The van der Waals surface area contributed by atoms with Crippen molar-refractivity contribution >= 4 is 22.8 Å². The van der Waals surface area contributed by atoms with Crippen molar-refractivity contribution in [2.24, 2.45) is 5.92 Å². The summed E-state index contributed by atoms with van der Waals surface area (Å²) in [4.78, 5) is 21.2. The Morgan fingerprint density at radius 3 is 2.66 bits per heavy atom. The zero-order chi connectivity index (χ0) is 24.5. The number of imidazole rings is 1. The average Bonchev–Trinajstić information content (AvgIpc) is 3.49. The molecule has 0 bridgehead atoms. The molecule has 0 radical (unpaired) electrons. The number of nitrogens with zero attached hydrogens (tertiary/aromatic N) is 6. The number of carboxylic acid groups (broad SMARTS) is 1. The minimum atomic E-state index is -0.901. The maximum atomic E-state index is 12.1. The molecule has 5 rings (SSSR count). The fraction of sp³-hybridized carbons (Fsp3) is 0.577. The molecule has 0 spiro atoms. The highest BCUT2D eigenvalue weighted by molar-refractivity contribution is 5.96. The number of carbonyl (C=O) groups is 1. The third-order valence-corrected chi connectivity index (χ3v) is 7.82. The molecular formula is C26H36N6O3. The molecule has 188 valence electrons. The fourth-order valence-corrected chi connectivity index (χ4v) is 5.78. The van der Waals surface area contributed by atoms with E-state index in [1.165, 1.54) is 4.90 Å². The van der Waals surface area contributed by atoms with E-state index in [0.717, 1.165) is 98.5 Å². The molecule has 1 atom stereocenters. The second-order valence-corrected chi connectivity index (χ2v) is 10.1. The summed E-state index contributed by atoms with van der Waals surface area (Å²) in [6, 6.07) is 3.94. The van der Waals surface area contributed by atoms with Crippen LogP contribution in [0.4, 0.5) is 10.5 Å². The van der Waals surface area contributed by atoms with Crippen LogP contribution in [0.5, 0.6) is 0 Å². The number of piperidine rings is 1. The van der Waals surface area contributed by atoms with E-state index in [1.807, 2.05) is 29.9 Å². The highest BCUT2D eigenvalue weighted by atomic mass is 16.4. The minimum Gasteiger partial charge on any atom is -0.465 e. The Hall–Kier alpha value is -2.91. The minimum absolute atomic E-state index is 0.0416. The van der Waals surface area contributed by atoms with Crippen LogP contribution in [0.15, 0.2) is 24.5 Å². The summed E-state index contributed by atoms with van der Waals surface area (Å²) < 4.78 is 4.29. The number of rotatable bonds is 7. The molecule has 2 aliphatic heterocycles. The molecule has 2 aromatic heterocycles. The predicted octanol–water partition coefficient (Wildman–Crippen LogP) is 3.31. The monoisotopic (exact) mass is 480 g/mol. The molecule has 9 nitrogen and oxygen atoms in total. The summed E-state index contributed by atoms with van der Waals surface area (Å²) in [7, 11) is 0. The highest BCUT2D eigenvalue weighted by Crippen LogP contribution is 2.38. The lowest BCUT2D eigenvalue weighted by Crippen LogP contribution is -2.41. The molecule has 1 aromatic carbocycles. The second-order valence-electron chi connectivity index (χ2n) is 10.1. The third kappa shape index (κ3) is 4.67. The maximum absolute atomic E-state index is 12.1. The molecule has 0 saturated carbocycles. The molecule has 4 heterocycles. The molecule has 2 aliphatic rings. The zero-order valence-electron chi connectivity index (χ0n) is 20.7. The highest BCUT2D eigenvalue weighted by Gasteiger charge is 2.31. The van der Waals surface area contributed by atoms with Crippen LogP contribution in [0.3, 0.4) is 0 Å². The first-order valence-corrected chi connectivity index (χ1v) is 12.8. The topological polar surface area (TPSA) is 99.7 Å². The number of benzene rings is 1. The van der Waals surface area contributed by atoms with Gasteiger partial charge in [0.1, 0.15) is 5.82 Å². The van der Waals surface area contributed by atoms with Gasteiger partial charge >= 0.3 is 6.09 Å². The first-order valence-electron chi connectivity index (χ1n) is 12.8. The van der Waals surface area contributed by atoms with Gasteiger partial charge < -0.3 is 19.7 Å². The number of aliphatic hydroxyl groups is 1. The van der Waals surface area contributed by atoms with E-state index in [1.54, 1.807) is 6.20 Å². The van der Waals surface area contributed by atoms with E-state index < -0.39 is 6.09 Å². The number of amides is 1. The van der Waals surface area contributed by atoms with E-state index in [0.29, 0.717) is 5.92 Å². The Kier molecular flexibility index (Phi) is 6.80. The van der Waals surface area contributed by atoms with Gasteiger partial charge in [0.05, 0.1) is 16.7 Å². The number of aliphatic hydroxyl groups excluding tert-OH is 1. The van der Waals surface area contributed by atoms with E-state index in [4.69, 9.17) is 4.98 Å². The Balaban J connectivity index is 1.50. The van der Waals surface area contributed by atoms with Crippen LogP contribution < -0.4 is 4.90 Å². The van der Waals surface area contributed by atoms with Gasteiger partial charge in [0.25, 0.3) is 0 Å². The van der Waals surface area contributed by atoms with Crippen molar-refractivity contribution < 1.29 is 15.0 Å². The van der Waals surface area contributed by atoms with E-state index in [2.05, 4.69) is 21.5 Å². The van der Waals surface area contributed by atoms with Crippen LogP contribution in [0.1, 0.15) is 43.1 Å². The molecule has 9 heteroatoms. The SMILES string of the molecule is Cc1cc2c(c3nc(CCn4cccn4)n(CCN4CCC(CO)CC4)c13)CCC(C)N2C(=O)O. The molecular weight excluding hydrogens is 444 g/mol. The molecule has 3 aromatic rings. The number of aryl methyl sites for hydroxylation is 4. The van der Waals surface area contributed by atoms with E-state index in [-0.39, 0.29) is 12.6 Å². The second kappa shape index (κ2) is 9.99. The Bertz CT molecular complexity index is 1180. The normalized spacial score (nSPS) is 19.4. The standard InChI is InChI=1S/C26H36N6O3/c1-18-16-22-21(5-4-19(2)32(22)26(34)35)24-25(18)31(15-14-29-11-6-20(17-33)7-12-29)23(28-24)8-13-30-10-3-9-27-30/h3,9-10,16,19-20,33H,4-8,11-15,17H2,1-2H3,(H,34,35). The quantitative estimate of drug-likeness (QED) is 0.538. The van der Waals surface area contributed by atoms with Gasteiger partial charge in [-0.2, -0.15) is 5.10 Å². The van der Waals surface area contributed by atoms with Crippen molar-refractivity contribution in [2.45, 2.75) is 65.1 Å². The first-order chi connectivity index (χ1) is 17.0. The van der Waals surface area contributed by atoms with Gasteiger partial charge in [0, 0.05) is 56.7 Å². The molecule has 1 amide bonds. The van der Waals surface area contributed by atoms with Crippen molar-refractivity contribution in [3.63, 3.8) is 0 Å². The Labute approximate surface area is 206 Å². The molecule has 1 fully saturated rings. The van der Waals surface area contributed by atoms with Gasteiger partial charge in [-0.1, -0.05) is 0 Å². The van der Waals surface area contributed by atoms with Gasteiger partial charge in [0.15, 0.2) is 0 Å². The summed E-state index contributed by atoms with van der Waals surface area (Å²) in [5, 5.41) is 23.7. The Morgan fingerprint density at radius 1 is 1.17 bits per heavy atom. The summed E-state index contributed by atoms with van der Waals surface area (Å²) in [6.45, 7) is 8.89. The first kappa shape index (κ1) is 23.8. The summed E-state index contributed by atoms with van der Waals surface area (Å²) in [5.74, 6) is 1.45. The van der Waals surface area contributed by atoms with Crippen LogP contribution in [0.25, 0.3) is 11.0 Å².